The Hall–Kier alpha value is -3.30. The monoisotopic (exact) mass is 476 g/mol. The molecule has 0 bridgehead atoms. The van der Waals surface area contributed by atoms with Crippen LogP contribution in [0.5, 0.6) is 0 Å². The lowest BCUT2D eigenvalue weighted by Crippen LogP contribution is -2.10. The number of benzene rings is 4. The fourth-order valence-electron chi connectivity index (χ4n) is 5.25. The van der Waals surface area contributed by atoms with Gasteiger partial charge in [0.25, 0.3) is 0 Å². The molecule has 0 saturated carbocycles. The Balaban J connectivity index is 1.80. The van der Waals surface area contributed by atoms with Crippen molar-refractivity contribution in [1.29, 1.82) is 0 Å². The van der Waals surface area contributed by atoms with E-state index >= 15 is 0 Å². The molecule has 0 saturated heterocycles. The molecule has 2 N–H and O–H groups in total. The molecular formula is C32H32N2S. The molecule has 0 fully saturated rings. The van der Waals surface area contributed by atoms with Gasteiger partial charge >= 0.3 is 0 Å². The second-order valence-electron chi connectivity index (χ2n) is 11.8. The van der Waals surface area contributed by atoms with E-state index in [-0.39, 0.29) is 10.8 Å². The predicted molar refractivity (Wildman–Crippen MR) is 155 cm³/mol. The molecule has 2 heterocycles. The first-order valence-electron chi connectivity index (χ1n) is 12.3. The molecule has 0 aliphatic heterocycles. The van der Waals surface area contributed by atoms with E-state index in [0.29, 0.717) is 0 Å². The van der Waals surface area contributed by atoms with Gasteiger partial charge in [-0.05, 0) is 64.4 Å². The van der Waals surface area contributed by atoms with Crippen molar-refractivity contribution in [3.05, 3.63) is 83.9 Å². The highest BCUT2D eigenvalue weighted by molar-refractivity contribution is 7.26. The lowest BCUT2D eigenvalue weighted by atomic mass is 9.85. The first-order valence-corrected chi connectivity index (χ1v) is 13.1. The summed E-state index contributed by atoms with van der Waals surface area (Å²) in [5, 5.41) is 5.16. The van der Waals surface area contributed by atoms with E-state index in [1.54, 1.807) is 0 Å². The van der Waals surface area contributed by atoms with Crippen molar-refractivity contribution in [2.24, 2.45) is 0 Å². The number of nitrogens with zero attached hydrogens (tertiary/aromatic N) is 1. The maximum atomic E-state index is 6.50. The third-order valence-electron chi connectivity index (χ3n) is 7.22. The van der Waals surface area contributed by atoms with Gasteiger partial charge in [-0.25, -0.2) is 0 Å². The van der Waals surface area contributed by atoms with Crippen molar-refractivity contribution in [2.45, 2.75) is 52.4 Å². The fraction of sp³-hybridized carbons (Fsp3) is 0.250. The number of anilines is 1. The molecule has 4 aromatic carbocycles. The third-order valence-corrected chi connectivity index (χ3v) is 8.34. The molecule has 0 aliphatic rings. The quantitative estimate of drug-likeness (QED) is 0.235. The highest BCUT2D eigenvalue weighted by Gasteiger charge is 2.22. The fourth-order valence-corrected chi connectivity index (χ4v) is 6.42. The van der Waals surface area contributed by atoms with E-state index in [1.165, 1.54) is 53.1 Å². The molecule has 176 valence electrons. The van der Waals surface area contributed by atoms with Gasteiger partial charge in [0.1, 0.15) is 0 Å². The van der Waals surface area contributed by atoms with Gasteiger partial charge in [0.05, 0.1) is 16.7 Å². The second kappa shape index (κ2) is 7.35. The molecule has 6 aromatic rings. The van der Waals surface area contributed by atoms with Crippen molar-refractivity contribution in [3.8, 4) is 5.69 Å². The third kappa shape index (κ3) is 3.44. The summed E-state index contributed by atoms with van der Waals surface area (Å²) in [6.45, 7) is 13.7. The molecule has 0 amide bonds. The van der Waals surface area contributed by atoms with Crippen LogP contribution in [0.4, 0.5) is 5.69 Å². The summed E-state index contributed by atoms with van der Waals surface area (Å²) in [6, 6.07) is 26.9. The first-order chi connectivity index (χ1) is 16.5. The van der Waals surface area contributed by atoms with E-state index in [0.717, 1.165) is 11.4 Å². The van der Waals surface area contributed by atoms with Crippen LogP contribution in [0, 0.1) is 0 Å². The largest absolute Gasteiger partial charge is 0.399 e. The number of hydrogen-bond donors (Lipinski definition) is 1. The highest BCUT2D eigenvalue weighted by atomic mass is 32.1. The Bertz CT molecular complexity index is 1700. The number of hydrogen-bond acceptors (Lipinski definition) is 2. The SMILES string of the molecule is CC(C)(C)c1ccc2c(c1)c1cc(C(C)(C)C)ccc1n2-c1cc(N)cc2sc3ccccc3c12. The molecule has 0 spiro atoms. The van der Waals surface area contributed by atoms with Crippen LogP contribution in [-0.4, -0.2) is 4.57 Å². The Morgan fingerprint density at radius 1 is 0.629 bits per heavy atom. The number of rotatable bonds is 1. The van der Waals surface area contributed by atoms with E-state index < -0.39 is 0 Å². The van der Waals surface area contributed by atoms with Crippen LogP contribution in [0.2, 0.25) is 0 Å². The summed E-state index contributed by atoms with van der Waals surface area (Å²) in [4.78, 5) is 0. The van der Waals surface area contributed by atoms with Crippen LogP contribution in [0.3, 0.4) is 0 Å². The standard InChI is InChI=1S/C32H32N2S/c1-31(2,3)19-11-13-25-23(15-19)24-16-20(32(4,5)6)12-14-26(24)34(25)27-17-21(33)18-29-30(27)22-9-7-8-10-28(22)35-29/h7-18H,33H2,1-6H3. The molecule has 0 atom stereocenters. The van der Waals surface area contributed by atoms with Crippen LogP contribution < -0.4 is 5.73 Å². The van der Waals surface area contributed by atoms with Crippen molar-refractivity contribution in [3.63, 3.8) is 0 Å². The Labute approximate surface area is 211 Å². The average molecular weight is 477 g/mol. The van der Waals surface area contributed by atoms with Crippen molar-refractivity contribution < 1.29 is 0 Å². The van der Waals surface area contributed by atoms with Crippen LogP contribution in [0.1, 0.15) is 52.7 Å². The summed E-state index contributed by atoms with van der Waals surface area (Å²) in [5.74, 6) is 0. The summed E-state index contributed by atoms with van der Waals surface area (Å²) >= 11 is 1.82. The van der Waals surface area contributed by atoms with Crippen LogP contribution in [-0.2, 0) is 10.8 Å². The van der Waals surface area contributed by atoms with E-state index in [1.807, 2.05) is 11.3 Å². The molecule has 6 rings (SSSR count). The van der Waals surface area contributed by atoms with Crippen LogP contribution in [0.15, 0.2) is 72.8 Å². The Kier molecular flexibility index (Phi) is 4.66. The molecule has 0 unspecified atom stereocenters. The minimum Gasteiger partial charge on any atom is -0.399 e. The smallest absolute Gasteiger partial charge is 0.0575 e. The summed E-state index contributed by atoms with van der Waals surface area (Å²) in [6.07, 6.45) is 0. The van der Waals surface area contributed by atoms with Gasteiger partial charge in [0.15, 0.2) is 0 Å². The van der Waals surface area contributed by atoms with Gasteiger partial charge in [-0.2, -0.15) is 0 Å². The summed E-state index contributed by atoms with van der Waals surface area (Å²) < 4.78 is 4.95. The lowest BCUT2D eigenvalue weighted by Gasteiger charge is -2.19. The minimum absolute atomic E-state index is 0.0816. The number of nitrogens with two attached hydrogens (primary N) is 1. The van der Waals surface area contributed by atoms with Gasteiger partial charge in [0.2, 0.25) is 0 Å². The summed E-state index contributed by atoms with van der Waals surface area (Å²) in [7, 11) is 0. The van der Waals surface area contributed by atoms with Gasteiger partial charge < -0.3 is 10.3 Å². The molecule has 2 nitrogen and oxygen atoms in total. The van der Waals surface area contributed by atoms with E-state index in [2.05, 4.69) is 119 Å². The minimum atomic E-state index is 0.0816. The van der Waals surface area contributed by atoms with Gasteiger partial charge in [-0.3, -0.25) is 0 Å². The molecule has 2 aromatic heterocycles. The van der Waals surface area contributed by atoms with Gasteiger partial charge in [-0.1, -0.05) is 71.9 Å². The zero-order valence-electron chi connectivity index (χ0n) is 21.4. The molecule has 3 heteroatoms. The first kappa shape index (κ1) is 22.2. The zero-order valence-corrected chi connectivity index (χ0v) is 22.2. The normalized spacial score (nSPS) is 13.0. The number of nitrogen functional groups attached to an aromatic ring is 1. The maximum absolute atomic E-state index is 6.50. The Morgan fingerprint density at radius 2 is 1.20 bits per heavy atom. The molecule has 35 heavy (non-hydrogen) atoms. The molecule has 0 aliphatic carbocycles. The van der Waals surface area contributed by atoms with E-state index in [4.69, 9.17) is 5.73 Å². The second-order valence-corrected chi connectivity index (χ2v) is 12.9. The molecule has 0 radical (unpaired) electrons. The van der Waals surface area contributed by atoms with Gasteiger partial charge in [0, 0.05) is 36.6 Å². The van der Waals surface area contributed by atoms with Crippen molar-refractivity contribution >= 4 is 59.0 Å². The van der Waals surface area contributed by atoms with Gasteiger partial charge in [-0.15, -0.1) is 11.3 Å². The number of aromatic nitrogens is 1. The average Bonchev–Trinajstić information content (AvgIpc) is 3.31. The van der Waals surface area contributed by atoms with Crippen molar-refractivity contribution in [2.75, 3.05) is 5.73 Å². The van der Waals surface area contributed by atoms with Crippen LogP contribution in [0.25, 0.3) is 47.7 Å². The highest BCUT2D eigenvalue weighted by Crippen LogP contribution is 2.43. The molecular weight excluding hydrogens is 444 g/mol. The lowest BCUT2D eigenvalue weighted by molar-refractivity contribution is 0.590. The zero-order chi connectivity index (χ0) is 24.7. The maximum Gasteiger partial charge on any atom is 0.0575 e. The predicted octanol–water partition coefficient (Wildman–Crippen LogP) is 9.33. The van der Waals surface area contributed by atoms with Crippen molar-refractivity contribution in [1.82, 2.24) is 4.57 Å². The number of fused-ring (bicyclic) bond motifs is 6. The topological polar surface area (TPSA) is 30.9 Å². The van der Waals surface area contributed by atoms with E-state index in [9.17, 15) is 0 Å². The Morgan fingerprint density at radius 3 is 1.77 bits per heavy atom. The van der Waals surface area contributed by atoms with Crippen LogP contribution >= 0.6 is 11.3 Å². The summed E-state index contributed by atoms with van der Waals surface area (Å²) in [5.41, 5.74) is 13.8. The number of thiophene rings is 1.